The molecule has 0 saturated heterocycles. The summed E-state index contributed by atoms with van der Waals surface area (Å²) in [4.78, 5) is 24.5. The summed E-state index contributed by atoms with van der Waals surface area (Å²) in [5.41, 5.74) is 2.45. The van der Waals surface area contributed by atoms with Crippen molar-refractivity contribution in [2.75, 3.05) is 26.6 Å². The smallest absolute Gasteiger partial charge is 0.339 e. The number of benzene rings is 2. The molecule has 0 fully saturated rings. The lowest BCUT2D eigenvalue weighted by molar-refractivity contribution is -0.116. The monoisotopic (exact) mass is 422 g/mol. The first-order valence-corrected chi connectivity index (χ1v) is 9.62. The molecule has 3 aromatic rings. The number of ether oxygens (including phenoxy) is 3. The molecule has 1 aliphatic rings. The van der Waals surface area contributed by atoms with Crippen LogP contribution in [0.5, 0.6) is 17.2 Å². The Hall–Kier alpha value is -3.94. The predicted molar refractivity (Wildman–Crippen MR) is 114 cm³/mol. The third-order valence-corrected chi connectivity index (χ3v) is 5.42. The average Bonchev–Trinajstić information content (AvgIpc) is 3.17. The summed E-state index contributed by atoms with van der Waals surface area (Å²) in [5.74, 6) is -0.102. The van der Waals surface area contributed by atoms with Gasteiger partial charge in [0.1, 0.15) is 11.3 Å². The van der Waals surface area contributed by atoms with E-state index in [1.54, 1.807) is 37.0 Å². The molecule has 2 N–H and O–H groups in total. The van der Waals surface area contributed by atoms with Gasteiger partial charge < -0.3 is 29.2 Å². The Kier molecular flexibility index (Phi) is 5.29. The number of nitrogens with one attached hydrogen (secondary N) is 1. The minimum Gasteiger partial charge on any atom is -0.497 e. The summed E-state index contributed by atoms with van der Waals surface area (Å²) >= 11 is 0. The van der Waals surface area contributed by atoms with E-state index in [9.17, 15) is 14.7 Å². The van der Waals surface area contributed by atoms with Gasteiger partial charge in [-0.3, -0.25) is 4.79 Å². The number of anilines is 1. The van der Waals surface area contributed by atoms with Crippen molar-refractivity contribution in [1.82, 2.24) is 4.57 Å². The molecule has 1 amide bonds. The molecule has 8 heteroatoms. The van der Waals surface area contributed by atoms with Crippen molar-refractivity contribution >= 4 is 17.6 Å². The van der Waals surface area contributed by atoms with Gasteiger partial charge in [0.05, 0.1) is 32.7 Å². The lowest BCUT2D eigenvalue weighted by atomic mass is 9.87. The zero-order valence-electron chi connectivity index (χ0n) is 17.3. The number of carboxylic acids is 1. The van der Waals surface area contributed by atoms with Crippen molar-refractivity contribution in [2.24, 2.45) is 0 Å². The highest BCUT2D eigenvalue weighted by molar-refractivity contribution is 6.04. The van der Waals surface area contributed by atoms with Gasteiger partial charge in [0.25, 0.3) is 0 Å². The molecule has 2 aromatic carbocycles. The summed E-state index contributed by atoms with van der Waals surface area (Å²) in [5, 5.41) is 12.5. The summed E-state index contributed by atoms with van der Waals surface area (Å²) in [6.45, 7) is 0. The van der Waals surface area contributed by atoms with Crippen molar-refractivity contribution < 1.29 is 28.9 Å². The molecule has 0 bridgehead atoms. The second-order valence-corrected chi connectivity index (χ2v) is 7.06. The highest BCUT2D eigenvalue weighted by Gasteiger charge is 2.36. The van der Waals surface area contributed by atoms with E-state index in [-0.39, 0.29) is 23.6 Å². The van der Waals surface area contributed by atoms with Gasteiger partial charge in [0.15, 0.2) is 11.5 Å². The third-order valence-electron chi connectivity index (χ3n) is 5.42. The lowest BCUT2D eigenvalue weighted by Gasteiger charge is -2.27. The van der Waals surface area contributed by atoms with Crippen LogP contribution < -0.4 is 19.5 Å². The molecule has 0 spiro atoms. The molecular formula is C23H22N2O6. The van der Waals surface area contributed by atoms with E-state index in [0.29, 0.717) is 22.9 Å². The largest absolute Gasteiger partial charge is 0.497 e. The van der Waals surface area contributed by atoms with Gasteiger partial charge in [-0.05, 0) is 30.3 Å². The van der Waals surface area contributed by atoms with Gasteiger partial charge >= 0.3 is 5.97 Å². The molecule has 31 heavy (non-hydrogen) atoms. The maximum atomic E-state index is 12.6. The number of fused-ring (bicyclic) bond motifs is 1. The van der Waals surface area contributed by atoms with Crippen molar-refractivity contribution in [3.8, 4) is 22.9 Å². The number of nitrogens with zero attached hydrogens (tertiary/aromatic N) is 1. The number of carbonyl (C=O) groups excluding carboxylic acids is 1. The van der Waals surface area contributed by atoms with Crippen LogP contribution in [0.4, 0.5) is 5.69 Å². The Balaban J connectivity index is 1.97. The molecule has 8 nitrogen and oxygen atoms in total. The Bertz CT molecular complexity index is 1150. The number of methoxy groups -OCH3 is 3. The zero-order valence-corrected chi connectivity index (χ0v) is 17.3. The number of aromatic nitrogens is 1. The van der Waals surface area contributed by atoms with Crippen LogP contribution in [0.25, 0.3) is 5.69 Å². The average molecular weight is 422 g/mol. The van der Waals surface area contributed by atoms with E-state index in [1.807, 2.05) is 24.3 Å². The van der Waals surface area contributed by atoms with Crippen molar-refractivity contribution in [2.45, 2.75) is 12.3 Å². The van der Waals surface area contributed by atoms with Gasteiger partial charge in [0.2, 0.25) is 5.91 Å². The van der Waals surface area contributed by atoms with E-state index in [4.69, 9.17) is 14.2 Å². The first-order chi connectivity index (χ1) is 15.0. The molecule has 0 saturated carbocycles. The van der Waals surface area contributed by atoms with Crippen molar-refractivity contribution in [1.29, 1.82) is 0 Å². The lowest BCUT2D eigenvalue weighted by Crippen LogP contribution is -2.25. The molecule has 2 heterocycles. The summed E-state index contributed by atoms with van der Waals surface area (Å²) in [6, 6.07) is 12.7. The highest BCUT2D eigenvalue weighted by atomic mass is 16.5. The van der Waals surface area contributed by atoms with Crippen LogP contribution in [-0.2, 0) is 4.79 Å². The third kappa shape index (κ3) is 3.46. The molecule has 0 unspecified atom stereocenters. The second kappa shape index (κ2) is 8.06. The first-order valence-electron chi connectivity index (χ1n) is 9.62. The Morgan fingerprint density at radius 2 is 1.81 bits per heavy atom. The summed E-state index contributed by atoms with van der Waals surface area (Å²) in [6.07, 6.45) is 1.66. The number of carbonyl (C=O) groups is 2. The SMILES string of the molecule is COc1ccc(-n2cc(C(=O)O)c3c2[C@@H](c2cccc(OC)c2OC)CC(=O)N3)cc1. The molecule has 4 rings (SSSR count). The fraction of sp³-hybridized carbons (Fsp3) is 0.217. The van der Waals surface area contributed by atoms with Crippen molar-refractivity contribution in [3.63, 3.8) is 0 Å². The van der Waals surface area contributed by atoms with Gasteiger partial charge in [-0.1, -0.05) is 12.1 Å². The van der Waals surface area contributed by atoms with Gasteiger partial charge in [-0.2, -0.15) is 0 Å². The quantitative estimate of drug-likeness (QED) is 0.629. The standard InChI is InChI=1S/C23H22N2O6/c1-29-14-9-7-13(8-10-14)25-12-17(23(27)28)20-21(25)16(11-19(26)24-20)15-5-4-6-18(30-2)22(15)31-3/h4-10,12,16H,11H2,1-3H3,(H,24,26)(H,27,28)/t16-/m1/s1. The maximum absolute atomic E-state index is 12.6. The molecular weight excluding hydrogens is 400 g/mol. The number of para-hydroxylation sites is 1. The van der Waals surface area contributed by atoms with Crippen LogP contribution >= 0.6 is 0 Å². The van der Waals surface area contributed by atoms with Crippen LogP contribution in [0, 0.1) is 0 Å². The predicted octanol–water partition coefficient (Wildman–Crippen LogP) is 3.68. The Labute approximate surface area is 179 Å². The highest BCUT2D eigenvalue weighted by Crippen LogP contribution is 2.46. The minimum atomic E-state index is -1.12. The molecule has 1 aliphatic heterocycles. The van der Waals surface area contributed by atoms with Crippen LogP contribution in [0.15, 0.2) is 48.7 Å². The van der Waals surface area contributed by atoms with Crippen LogP contribution in [0.3, 0.4) is 0 Å². The Morgan fingerprint density at radius 1 is 1.06 bits per heavy atom. The molecule has 160 valence electrons. The minimum absolute atomic E-state index is 0.0192. The molecule has 1 atom stereocenters. The Morgan fingerprint density at radius 3 is 2.42 bits per heavy atom. The number of hydrogen-bond donors (Lipinski definition) is 2. The number of rotatable bonds is 6. The van der Waals surface area contributed by atoms with Crippen LogP contribution in [0.2, 0.25) is 0 Å². The summed E-state index contributed by atoms with van der Waals surface area (Å²) < 4.78 is 18.1. The number of amides is 1. The van der Waals surface area contributed by atoms with E-state index < -0.39 is 11.9 Å². The normalized spacial score (nSPS) is 15.1. The maximum Gasteiger partial charge on any atom is 0.339 e. The van der Waals surface area contributed by atoms with Gasteiger partial charge in [-0.25, -0.2) is 4.79 Å². The van der Waals surface area contributed by atoms with Gasteiger partial charge in [0, 0.05) is 29.8 Å². The zero-order chi connectivity index (χ0) is 22.1. The number of carboxylic acid groups (broad SMARTS) is 1. The summed E-state index contributed by atoms with van der Waals surface area (Å²) in [7, 11) is 4.66. The fourth-order valence-corrected chi connectivity index (χ4v) is 4.03. The second-order valence-electron chi connectivity index (χ2n) is 7.06. The van der Waals surface area contributed by atoms with E-state index in [1.165, 1.54) is 13.3 Å². The number of hydrogen-bond acceptors (Lipinski definition) is 5. The van der Waals surface area contributed by atoms with Gasteiger partial charge in [-0.15, -0.1) is 0 Å². The van der Waals surface area contributed by atoms with E-state index in [0.717, 1.165) is 11.3 Å². The van der Waals surface area contributed by atoms with E-state index in [2.05, 4.69) is 5.32 Å². The first kappa shape index (κ1) is 20.3. The van der Waals surface area contributed by atoms with E-state index >= 15 is 0 Å². The fourth-order valence-electron chi connectivity index (χ4n) is 4.03. The number of aromatic carboxylic acids is 1. The topological polar surface area (TPSA) is 99.0 Å². The van der Waals surface area contributed by atoms with Crippen molar-refractivity contribution in [3.05, 3.63) is 65.5 Å². The molecule has 0 aliphatic carbocycles. The molecule has 0 radical (unpaired) electrons. The van der Waals surface area contributed by atoms with Crippen LogP contribution in [0.1, 0.15) is 34.0 Å². The van der Waals surface area contributed by atoms with Crippen LogP contribution in [-0.4, -0.2) is 42.9 Å². The molecule has 1 aromatic heterocycles.